The lowest BCUT2D eigenvalue weighted by molar-refractivity contribution is 0.397. The summed E-state index contributed by atoms with van der Waals surface area (Å²) in [6.45, 7) is 0.935. The molecule has 2 fully saturated rings. The molecule has 0 amide bonds. The lowest BCUT2D eigenvalue weighted by Crippen LogP contribution is -2.39. The van der Waals surface area contributed by atoms with Crippen molar-refractivity contribution >= 4 is 17.3 Å². The fraction of sp³-hybridized carbons (Fsp3) is 0.643. The van der Waals surface area contributed by atoms with Crippen LogP contribution in [0.1, 0.15) is 43.4 Å². The van der Waals surface area contributed by atoms with Crippen molar-refractivity contribution in [1.82, 2.24) is 4.90 Å². The number of aliphatic imine (C=N–C) groups is 1. The van der Waals surface area contributed by atoms with Gasteiger partial charge in [-0.15, -0.1) is 11.3 Å². The Hall–Kier alpha value is -1.03. The van der Waals surface area contributed by atoms with Crippen LogP contribution >= 0.6 is 11.3 Å². The molecule has 2 aliphatic rings. The number of hydrogen-bond acceptors (Lipinski definition) is 2. The molecule has 0 radical (unpaired) electrons. The third-order valence-electron chi connectivity index (χ3n) is 3.83. The molecule has 2 aliphatic carbocycles. The number of nitrogens with zero attached hydrogens (tertiary/aromatic N) is 2. The van der Waals surface area contributed by atoms with Gasteiger partial charge in [-0.2, -0.15) is 0 Å². The first-order chi connectivity index (χ1) is 8.83. The van der Waals surface area contributed by atoms with Gasteiger partial charge >= 0.3 is 0 Å². The molecular formula is C14H21N3S. The predicted molar refractivity (Wildman–Crippen MR) is 76.8 cm³/mol. The maximum absolute atomic E-state index is 6.24. The van der Waals surface area contributed by atoms with E-state index in [-0.39, 0.29) is 0 Å². The number of hydrogen-bond donors (Lipinski definition) is 1. The van der Waals surface area contributed by atoms with E-state index in [0.717, 1.165) is 12.5 Å². The van der Waals surface area contributed by atoms with Crippen LogP contribution in [0, 0.1) is 0 Å². The van der Waals surface area contributed by atoms with Crippen LogP contribution in [-0.4, -0.2) is 22.9 Å². The van der Waals surface area contributed by atoms with Gasteiger partial charge in [-0.05, 0) is 37.1 Å². The molecule has 18 heavy (non-hydrogen) atoms. The zero-order chi connectivity index (χ0) is 12.4. The van der Waals surface area contributed by atoms with E-state index in [4.69, 9.17) is 10.7 Å². The van der Waals surface area contributed by atoms with Crippen LogP contribution in [0.2, 0.25) is 0 Å². The molecule has 2 N–H and O–H groups in total. The van der Waals surface area contributed by atoms with Gasteiger partial charge in [0, 0.05) is 10.9 Å². The van der Waals surface area contributed by atoms with Gasteiger partial charge in [0.15, 0.2) is 5.96 Å². The minimum Gasteiger partial charge on any atom is -0.370 e. The SMILES string of the molecule is NC(=NC1CCCC1)N(Cc1cccs1)C1CC1. The molecule has 2 saturated carbocycles. The normalized spacial score (nSPS) is 21.4. The molecule has 0 aromatic carbocycles. The molecule has 1 heterocycles. The summed E-state index contributed by atoms with van der Waals surface area (Å²) in [7, 11) is 0. The van der Waals surface area contributed by atoms with Crippen molar-refractivity contribution < 1.29 is 0 Å². The summed E-state index contributed by atoms with van der Waals surface area (Å²) in [6, 6.07) is 5.41. The van der Waals surface area contributed by atoms with Crippen molar-refractivity contribution in [3.05, 3.63) is 22.4 Å². The van der Waals surface area contributed by atoms with Crippen molar-refractivity contribution in [3.63, 3.8) is 0 Å². The van der Waals surface area contributed by atoms with Gasteiger partial charge < -0.3 is 10.6 Å². The van der Waals surface area contributed by atoms with Crippen molar-refractivity contribution in [2.45, 2.75) is 57.2 Å². The second-order valence-corrected chi connectivity index (χ2v) is 6.40. The fourth-order valence-corrected chi connectivity index (χ4v) is 3.35. The largest absolute Gasteiger partial charge is 0.370 e. The average Bonchev–Trinajstić information content (AvgIpc) is 2.87. The summed E-state index contributed by atoms with van der Waals surface area (Å²) in [5.41, 5.74) is 6.24. The molecule has 3 rings (SSSR count). The van der Waals surface area contributed by atoms with Crippen LogP contribution in [0.3, 0.4) is 0 Å². The highest BCUT2D eigenvalue weighted by Gasteiger charge is 2.31. The van der Waals surface area contributed by atoms with E-state index < -0.39 is 0 Å². The summed E-state index contributed by atoms with van der Waals surface area (Å²) in [5, 5.41) is 2.13. The third-order valence-corrected chi connectivity index (χ3v) is 4.69. The molecule has 3 nitrogen and oxygen atoms in total. The second kappa shape index (κ2) is 5.31. The number of thiophene rings is 1. The molecule has 0 saturated heterocycles. The van der Waals surface area contributed by atoms with E-state index in [1.807, 2.05) is 0 Å². The van der Waals surface area contributed by atoms with Crippen molar-refractivity contribution in [2.75, 3.05) is 0 Å². The zero-order valence-corrected chi connectivity index (χ0v) is 11.5. The van der Waals surface area contributed by atoms with Crippen LogP contribution in [0.25, 0.3) is 0 Å². The first kappa shape index (κ1) is 12.0. The Bertz CT molecular complexity index is 403. The highest BCUT2D eigenvalue weighted by molar-refractivity contribution is 7.09. The van der Waals surface area contributed by atoms with E-state index in [1.54, 1.807) is 11.3 Å². The Morgan fingerprint density at radius 2 is 2.11 bits per heavy atom. The van der Waals surface area contributed by atoms with Gasteiger partial charge in [0.2, 0.25) is 0 Å². The van der Waals surface area contributed by atoms with Crippen molar-refractivity contribution in [2.24, 2.45) is 10.7 Å². The maximum atomic E-state index is 6.24. The minimum absolute atomic E-state index is 0.481. The van der Waals surface area contributed by atoms with Gasteiger partial charge in [0.1, 0.15) is 0 Å². The molecule has 4 heteroatoms. The molecule has 1 aromatic heterocycles. The fourth-order valence-electron chi connectivity index (χ4n) is 2.65. The zero-order valence-electron chi connectivity index (χ0n) is 10.7. The first-order valence-electron chi connectivity index (χ1n) is 6.95. The molecule has 0 unspecified atom stereocenters. The summed E-state index contributed by atoms with van der Waals surface area (Å²) in [6.07, 6.45) is 7.61. The second-order valence-electron chi connectivity index (χ2n) is 5.36. The van der Waals surface area contributed by atoms with Crippen LogP contribution < -0.4 is 5.73 Å². The van der Waals surface area contributed by atoms with E-state index >= 15 is 0 Å². The lowest BCUT2D eigenvalue weighted by Gasteiger charge is -2.23. The molecule has 98 valence electrons. The van der Waals surface area contributed by atoms with Gasteiger partial charge in [0.05, 0.1) is 12.6 Å². The Morgan fingerprint density at radius 1 is 1.33 bits per heavy atom. The smallest absolute Gasteiger partial charge is 0.192 e. The summed E-state index contributed by atoms with van der Waals surface area (Å²) in [4.78, 5) is 8.43. The monoisotopic (exact) mass is 263 g/mol. The van der Waals surface area contributed by atoms with Crippen LogP contribution in [0.5, 0.6) is 0 Å². The quantitative estimate of drug-likeness (QED) is 0.670. The number of nitrogens with two attached hydrogens (primary N) is 1. The van der Waals surface area contributed by atoms with E-state index in [2.05, 4.69) is 22.4 Å². The topological polar surface area (TPSA) is 41.6 Å². The van der Waals surface area contributed by atoms with E-state index in [0.29, 0.717) is 12.1 Å². The van der Waals surface area contributed by atoms with Crippen molar-refractivity contribution in [3.8, 4) is 0 Å². The Balaban J connectivity index is 1.68. The Labute approximate surface area is 113 Å². The molecule has 0 atom stereocenters. The minimum atomic E-state index is 0.481. The standard InChI is InChI=1S/C14H21N3S/c15-14(16-11-4-1-2-5-11)17(12-7-8-12)10-13-6-3-9-18-13/h3,6,9,11-12H,1-2,4-5,7-8,10H2,(H2,15,16). The Kier molecular flexibility index (Phi) is 3.55. The summed E-state index contributed by atoms with van der Waals surface area (Å²) < 4.78 is 0. The van der Waals surface area contributed by atoms with Crippen LogP contribution in [-0.2, 0) is 6.54 Å². The Morgan fingerprint density at radius 3 is 2.72 bits per heavy atom. The maximum Gasteiger partial charge on any atom is 0.192 e. The first-order valence-corrected chi connectivity index (χ1v) is 7.83. The van der Waals surface area contributed by atoms with Gasteiger partial charge in [-0.25, -0.2) is 4.99 Å². The lowest BCUT2D eigenvalue weighted by atomic mass is 10.3. The highest BCUT2D eigenvalue weighted by atomic mass is 32.1. The molecule has 0 aliphatic heterocycles. The highest BCUT2D eigenvalue weighted by Crippen LogP contribution is 2.29. The summed E-state index contributed by atoms with van der Waals surface area (Å²) >= 11 is 1.80. The van der Waals surface area contributed by atoms with E-state index in [1.165, 1.54) is 43.4 Å². The van der Waals surface area contributed by atoms with Crippen LogP contribution in [0.15, 0.2) is 22.5 Å². The van der Waals surface area contributed by atoms with Crippen LogP contribution in [0.4, 0.5) is 0 Å². The van der Waals surface area contributed by atoms with E-state index in [9.17, 15) is 0 Å². The van der Waals surface area contributed by atoms with Crippen molar-refractivity contribution in [1.29, 1.82) is 0 Å². The van der Waals surface area contributed by atoms with Gasteiger partial charge in [0.25, 0.3) is 0 Å². The third kappa shape index (κ3) is 2.86. The number of guanidine groups is 1. The number of rotatable bonds is 4. The molecular weight excluding hydrogens is 242 g/mol. The molecule has 1 aromatic rings. The van der Waals surface area contributed by atoms with Gasteiger partial charge in [-0.1, -0.05) is 18.9 Å². The molecule has 0 spiro atoms. The average molecular weight is 263 g/mol. The summed E-state index contributed by atoms with van der Waals surface area (Å²) in [5.74, 6) is 0.776. The predicted octanol–water partition coefficient (Wildman–Crippen LogP) is 2.97. The molecule has 0 bridgehead atoms. The van der Waals surface area contributed by atoms with Gasteiger partial charge in [-0.3, -0.25) is 0 Å².